The largest absolute Gasteiger partial charge is 0.634 e. The summed E-state index contributed by atoms with van der Waals surface area (Å²) in [5, 5.41) is 32.9. The minimum atomic E-state index is -1.95. The lowest BCUT2D eigenvalue weighted by molar-refractivity contribution is -0.119. The fourth-order valence-electron chi connectivity index (χ4n) is 2.38. The molecular formula is C16H23BN2O4. The predicted molar refractivity (Wildman–Crippen MR) is 87.5 cm³/mol. The molecule has 7 heteroatoms. The van der Waals surface area contributed by atoms with Gasteiger partial charge < -0.3 is 19.8 Å². The van der Waals surface area contributed by atoms with E-state index in [1.54, 1.807) is 31.6 Å². The average Bonchev–Trinajstić information content (AvgIpc) is 2.84. The van der Waals surface area contributed by atoms with Gasteiger partial charge in [0.15, 0.2) is 0 Å². The molecule has 0 bridgehead atoms. The van der Waals surface area contributed by atoms with E-state index in [4.69, 9.17) is 14.7 Å². The summed E-state index contributed by atoms with van der Waals surface area (Å²) in [6.45, 7) is 5.43. The molecule has 1 aromatic carbocycles. The standard InChI is InChI=1S/C16H23BN2O4/c1-15(2,20)16(3,23-17(21)22)9-14-10-18-19(12-14)11-13-7-5-4-6-8-13/h4-8,10,12,20-22H,9,11H2,1-3H3. The second-order valence-electron chi connectivity index (χ2n) is 6.44. The van der Waals surface area contributed by atoms with Crippen LogP contribution >= 0.6 is 0 Å². The van der Waals surface area contributed by atoms with Crippen LogP contribution in [0.2, 0.25) is 0 Å². The van der Waals surface area contributed by atoms with E-state index in [9.17, 15) is 5.11 Å². The van der Waals surface area contributed by atoms with Crippen molar-refractivity contribution < 1.29 is 19.8 Å². The number of rotatable bonds is 7. The molecule has 1 unspecified atom stereocenters. The van der Waals surface area contributed by atoms with E-state index >= 15 is 0 Å². The van der Waals surface area contributed by atoms with Crippen LogP contribution in [-0.2, 0) is 17.6 Å². The zero-order chi connectivity index (χ0) is 17.1. The molecule has 23 heavy (non-hydrogen) atoms. The van der Waals surface area contributed by atoms with Crippen LogP contribution in [0.25, 0.3) is 0 Å². The van der Waals surface area contributed by atoms with E-state index in [0.29, 0.717) is 13.0 Å². The number of nitrogens with zero attached hydrogens (tertiary/aromatic N) is 2. The molecule has 2 aromatic rings. The maximum atomic E-state index is 10.3. The summed E-state index contributed by atoms with van der Waals surface area (Å²) < 4.78 is 6.95. The van der Waals surface area contributed by atoms with Crippen molar-refractivity contribution in [2.75, 3.05) is 0 Å². The lowest BCUT2D eigenvalue weighted by atomic mass is 9.81. The fourth-order valence-corrected chi connectivity index (χ4v) is 2.38. The molecule has 3 N–H and O–H groups in total. The molecule has 0 aliphatic carbocycles. The van der Waals surface area contributed by atoms with Crippen LogP contribution in [0, 0.1) is 0 Å². The highest BCUT2D eigenvalue weighted by molar-refractivity contribution is 6.32. The van der Waals surface area contributed by atoms with Gasteiger partial charge in [-0.05, 0) is 31.9 Å². The molecule has 0 aliphatic rings. The topological polar surface area (TPSA) is 87.7 Å². The van der Waals surface area contributed by atoms with Crippen molar-refractivity contribution in [2.45, 2.75) is 44.9 Å². The Kier molecular flexibility index (Phi) is 5.26. The number of aliphatic hydroxyl groups is 1. The Labute approximate surface area is 136 Å². The second kappa shape index (κ2) is 6.84. The third kappa shape index (κ3) is 4.65. The van der Waals surface area contributed by atoms with Gasteiger partial charge in [0.25, 0.3) is 0 Å². The van der Waals surface area contributed by atoms with E-state index < -0.39 is 18.5 Å². The highest BCUT2D eigenvalue weighted by Gasteiger charge is 2.43. The highest BCUT2D eigenvalue weighted by atomic mass is 16.6. The zero-order valence-corrected chi connectivity index (χ0v) is 13.7. The Balaban J connectivity index is 2.13. The lowest BCUT2D eigenvalue weighted by Crippen LogP contribution is -2.54. The normalized spacial score (nSPS) is 14.5. The Morgan fingerprint density at radius 3 is 2.35 bits per heavy atom. The molecule has 0 saturated heterocycles. The first-order valence-electron chi connectivity index (χ1n) is 7.51. The smallest absolute Gasteiger partial charge is 0.402 e. The van der Waals surface area contributed by atoms with Crippen LogP contribution in [-0.4, -0.2) is 43.5 Å². The molecule has 0 amide bonds. The summed E-state index contributed by atoms with van der Waals surface area (Å²) in [6.07, 6.45) is 3.85. The Hall–Kier alpha value is -1.67. The lowest BCUT2D eigenvalue weighted by Gasteiger charge is -2.40. The molecule has 1 heterocycles. The van der Waals surface area contributed by atoms with Crippen molar-refractivity contribution in [2.24, 2.45) is 0 Å². The van der Waals surface area contributed by atoms with Crippen molar-refractivity contribution in [3.8, 4) is 0 Å². The zero-order valence-electron chi connectivity index (χ0n) is 13.7. The molecule has 6 nitrogen and oxygen atoms in total. The predicted octanol–water partition coefficient (Wildman–Crippen LogP) is 0.990. The van der Waals surface area contributed by atoms with Gasteiger partial charge in [-0.3, -0.25) is 4.68 Å². The van der Waals surface area contributed by atoms with Crippen molar-refractivity contribution in [1.29, 1.82) is 0 Å². The maximum Gasteiger partial charge on any atom is 0.634 e. The van der Waals surface area contributed by atoms with Gasteiger partial charge in [-0.1, -0.05) is 30.3 Å². The van der Waals surface area contributed by atoms with Gasteiger partial charge in [0.1, 0.15) is 0 Å². The van der Waals surface area contributed by atoms with Gasteiger partial charge in [0, 0.05) is 12.6 Å². The molecule has 0 aliphatic heterocycles. The van der Waals surface area contributed by atoms with E-state index in [-0.39, 0.29) is 0 Å². The van der Waals surface area contributed by atoms with Crippen LogP contribution in [0.4, 0.5) is 0 Å². The summed E-state index contributed by atoms with van der Waals surface area (Å²) in [7, 11) is -1.95. The van der Waals surface area contributed by atoms with Crippen LogP contribution in [0.5, 0.6) is 0 Å². The van der Waals surface area contributed by atoms with Gasteiger partial charge in [0.2, 0.25) is 0 Å². The molecule has 2 rings (SSSR count). The maximum absolute atomic E-state index is 10.3. The molecule has 1 atom stereocenters. The van der Waals surface area contributed by atoms with E-state index in [1.165, 1.54) is 0 Å². The molecular weight excluding hydrogens is 295 g/mol. The fraction of sp³-hybridized carbons (Fsp3) is 0.438. The van der Waals surface area contributed by atoms with E-state index in [1.807, 2.05) is 36.5 Å². The van der Waals surface area contributed by atoms with Gasteiger partial charge in [-0.2, -0.15) is 5.10 Å². The number of benzene rings is 1. The monoisotopic (exact) mass is 318 g/mol. The number of hydrogen-bond donors (Lipinski definition) is 3. The van der Waals surface area contributed by atoms with E-state index in [0.717, 1.165) is 11.1 Å². The molecule has 0 spiro atoms. The van der Waals surface area contributed by atoms with Gasteiger partial charge in [-0.15, -0.1) is 0 Å². The minimum absolute atomic E-state index is 0.295. The molecule has 1 aromatic heterocycles. The second-order valence-corrected chi connectivity index (χ2v) is 6.44. The highest BCUT2D eigenvalue weighted by Crippen LogP contribution is 2.30. The average molecular weight is 318 g/mol. The molecule has 0 fully saturated rings. The first kappa shape index (κ1) is 17.7. The first-order valence-corrected chi connectivity index (χ1v) is 7.51. The minimum Gasteiger partial charge on any atom is -0.402 e. The Morgan fingerprint density at radius 1 is 1.13 bits per heavy atom. The van der Waals surface area contributed by atoms with Crippen LogP contribution in [0.1, 0.15) is 31.9 Å². The van der Waals surface area contributed by atoms with Crippen molar-refractivity contribution in [3.05, 3.63) is 53.9 Å². The number of hydrogen-bond acceptors (Lipinski definition) is 5. The van der Waals surface area contributed by atoms with Crippen LogP contribution in [0.3, 0.4) is 0 Å². The molecule has 124 valence electrons. The van der Waals surface area contributed by atoms with Gasteiger partial charge in [-0.25, -0.2) is 0 Å². The molecule has 0 radical (unpaired) electrons. The van der Waals surface area contributed by atoms with Crippen LogP contribution < -0.4 is 0 Å². The third-order valence-corrected chi connectivity index (χ3v) is 4.08. The molecule has 0 saturated carbocycles. The van der Waals surface area contributed by atoms with Crippen molar-refractivity contribution in [1.82, 2.24) is 9.78 Å². The van der Waals surface area contributed by atoms with Gasteiger partial charge >= 0.3 is 7.32 Å². The Morgan fingerprint density at radius 2 is 1.78 bits per heavy atom. The SMILES string of the molecule is CC(C)(O)C(C)(Cc1cnn(Cc2ccccc2)c1)OB(O)O. The summed E-state index contributed by atoms with van der Waals surface area (Å²) in [5.41, 5.74) is -0.458. The van der Waals surface area contributed by atoms with Crippen LogP contribution in [0.15, 0.2) is 42.7 Å². The van der Waals surface area contributed by atoms with Gasteiger partial charge in [0.05, 0.1) is 23.9 Å². The quantitative estimate of drug-likeness (QED) is 0.663. The first-order chi connectivity index (χ1) is 10.7. The third-order valence-electron chi connectivity index (χ3n) is 4.08. The van der Waals surface area contributed by atoms with Crippen molar-refractivity contribution >= 4 is 7.32 Å². The van der Waals surface area contributed by atoms with E-state index in [2.05, 4.69) is 5.10 Å². The Bertz CT molecular complexity index is 625. The van der Waals surface area contributed by atoms with Crippen molar-refractivity contribution in [3.63, 3.8) is 0 Å². The summed E-state index contributed by atoms with van der Waals surface area (Å²) >= 11 is 0. The summed E-state index contributed by atoms with van der Waals surface area (Å²) in [6, 6.07) is 9.95. The number of aromatic nitrogens is 2. The summed E-state index contributed by atoms with van der Waals surface area (Å²) in [4.78, 5) is 0. The summed E-state index contributed by atoms with van der Waals surface area (Å²) in [5.74, 6) is 0.